The molecule has 0 aliphatic heterocycles. The monoisotopic (exact) mass is 313 g/mol. The fourth-order valence-electron chi connectivity index (χ4n) is 1.50. The maximum absolute atomic E-state index is 6.11. The molecule has 0 unspecified atom stereocenters. The maximum atomic E-state index is 6.11. The number of hydrogen-bond acceptors (Lipinski definition) is 2. The van der Waals surface area contributed by atoms with E-state index < -0.39 is 0 Å². The van der Waals surface area contributed by atoms with Crippen molar-refractivity contribution in [2.45, 2.75) is 20.0 Å². The van der Waals surface area contributed by atoms with Crippen LogP contribution in [0.5, 0.6) is 0 Å². The predicted molar refractivity (Wildman–Crippen MR) is 74.4 cm³/mol. The second-order valence-corrected chi connectivity index (χ2v) is 5.00. The Kier molecular flexibility index (Phi) is 4.07. The van der Waals surface area contributed by atoms with Gasteiger partial charge in [-0.05, 0) is 25.1 Å². The fraction of sp³-hybridized carbons (Fsp3) is 0.250. The molecule has 0 radical (unpaired) electrons. The normalized spacial score (nSPS) is 10.5. The lowest BCUT2D eigenvalue weighted by Crippen LogP contribution is -1.99. The van der Waals surface area contributed by atoms with Crippen LogP contribution in [0.1, 0.15) is 12.5 Å². The molecule has 0 aliphatic carbocycles. The van der Waals surface area contributed by atoms with E-state index in [0.29, 0.717) is 5.02 Å². The quantitative estimate of drug-likeness (QED) is 0.926. The van der Waals surface area contributed by atoms with Crippen LogP contribution in [0.4, 0.5) is 5.69 Å². The van der Waals surface area contributed by atoms with E-state index in [1.807, 2.05) is 35.3 Å². The highest BCUT2D eigenvalue weighted by Crippen LogP contribution is 2.25. The number of halogens is 2. The van der Waals surface area contributed by atoms with Crippen LogP contribution < -0.4 is 5.32 Å². The van der Waals surface area contributed by atoms with Crippen molar-refractivity contribution in [1.29, 1.82) is 0 Å². The van der Waals surface area contributed by atoms with Gasteiger partial charge in [-0.15, -0.1) is 0 Å². The molecular formula is C12H13BrClN3. The average Bonchev–Trinajstić information content (AvgIpc) is 2.76. The molecule has 2 aromatic rings. The van der Waals surface area contributed by atoms with E-state index in [0.717, 1.165) is 28.8 Å². The first kappa shape index (κ1) is 12.5. The van der Waals surface area contributed by atoms with Gasteiger partial charge in [-0.1, -0.05) is 27.5 Å². The Hall–Kier alpha value is -1.00. The summed E-state index contributed by atoms with van der Waals surface area (Å²) < 4.78 is 2.88. The zero-order valence-corrected chi connectivity index (χ0v) is 11.8. The molecule has 17 heavy (non-hydrogen) atoms. The highest BCUT2D eigenvalue weighted by molar-refractivity contribution is 9.10. The van der Waals surface area contributed by atoms with Gasteiger partial charge in [0, 0.05) is 29.3 Å². The zero-order chi connectivity index (χ0) is 12.3. The van der Waals surface area contributed by atoms with Crippen molar-refractivity contribution in [3.8, 4) is 0 Å². The van der Waals surface area contributed by atoms with Crippen LogP contribution in [-0.2, 0) is 13.1 Å². The van der Waals surface area contributed by atoms with E-state index in [4.69, 9.17) is 11.6 Å². The summed E-state index contributed by atoms with van der Waals surface area (Å²) in [6, 6.07) is 5.79. The van der Waals surface area contributed by atoms with Gasteiger partial charge in [0.2, 0.25) is 0 Å². The molecule has 3 nitrogen and oxygen atoms in total. The summed E-state index contributed by atoms with van der Waals surface area (Å²) in [6.07, 6.45) is 3.89. The van der Waals surface area contributed by atoms with Crippen LogP contribution in [0.25, 0.3) is 0 Å². The van der Waals surface area contributed by atoms with Gasteiger partial charge in [-0.25, -0.2) is 0 Å². The third kappa shape index (κ3) is 3.23. The minimum absolute atomic E-state index is 0.710. The van der Waals surface area contributed by atoms with Crippen LogP contribution in [0, 0.1) is 0 Å². The Bertz CT molecular complexity index is 510. The number of hydrogen-bond donors (Lipinski definition) is 1. The molecule has 0 bridgehead atoms. The molecule has 0 fully saturated rings. The van der Waals surface area contributed by atoms with Gasteiger partial charge in [-0.3, -0.25) is 4.68 Å². The van der Waals surface area contributed by atoms with Gasteiger partial charge in [-0.2, -0.15) is 5.10 Å². The Morgan fingerprint density at radius 3 is 2.94 bits per heavy atom. The standard InChI is InChI=1S/C12H13BrClN3/c1-2-17-8-9(7-16-17)6-15-12-4-3-10(13)5-11(12)14/h3-5,7-8,15H,2,6H2,1H3. The van der Waals surface area contributed by atoms with E-state index in [1.54, 1.807) is 0 Å². The number of benzene rings is 1. The summed E-state index contributed by atoms with van der Waals surface area (Å²) in [5.74, 6) is 0. The second kappa shape index (κ2) is 5.56. The molecule has 0 amide bonds. The Labute approximate surface area is 114 Å². The molecule has 1 aromatic carbocycles. The molecule has 2 rings (SSSR count). The van der Waals surface area contributed by atoms with E-state index in [-0.39, 0.29) is 0 Å². The van der Waals surface area contributed by atoms with Crippen molar-refractivity contribution in [1.82, 2.24) is 9.78 Å². The summed E-state index contributed by atoms with van der Waals surface area (Å²) in [5.41, 5.74) is 2.07. The van der Waals surface area contributed by atoms with Gasteiger partial charge in [0.15, 0.2) is 0 Å². The first-order chi connectivity index (χ1) is 8.19. The number of aryl methyl sites for hydroxylation is 1. The van der Waals surface area contributed by atoms with Crippen LogP contribution in [0.3, 0.4) is 0 Å². The third-order valence-corrected chi connectivity index (χ3v) is 3.23. The summed E-state index contributed by atoms with van der Waals surface area (Å²) in [6.45, 7) is 3.68. The molecule has 0 saturated carbocycles. The van der Waals surface area contributed by atoms with Crippen LogP contribution in [-0.4, -0.2) is 9.78 Å². The Balaban J connectivity index is 2.02. The van der Waals surface area contributed by atoms with Crippen LogP contribution >= 0.6 is 27.5 Å². The van der Waals surface area contributed by atoms with Gasteiger partial charge >= 0.3 is 0 Å². The third-order valence-electron chi connectivity index (χ3n) is 2.42. The topological polar surface area (TPSA) is 29.9 Å². The SMILES string of the molecule is CCn1cc(CNc2ccc(Br)cc2Cl)cn1. The van der Waals surface area contributed by atoms with Gasteiger partial charge < -0.3 is 5.32 Å². The summed E-state index contributed by atoms with van der Waals surface area (Å²) in [5, 5.41) is 8.22. The molecule has 1 aromatic heterocycles. The Morgan fingerprint density at radius 1 is 1.47 bits per heavy atom. The number of nitrogens with one attached hydrogen (secondary N) is 1. The van der Waals surface area contributed by atoms with Crippen molar-refractivity contribution < 1.29 is 0 Å². The zero-order valence-electron chi connectivity index (χ0n) is 9.45. The minimum Gasteiger partial charge on any atom is -0.380 e. The van der Waals surface area contributed by atoms with Gasteiger partial charge in [0.25, 0.3) is 0 Å². The first-order valence-electron chi connectivity index (χ1n) is 5.39. The Morgan fingerprint density at radius 2 is 2.29 bits per heavy atom. The molecule has 0 aliphatic rings. The largest absolute Gasteiger partial charge is 0.380 e. The molecular weight excluding hydrogens is 302 g/mol. The van der Waals surface area contributed by atoms with Gasteiger partial charge in [0.1, 0.15) is 0 Å². The predicted octanol–water partition coefficient (Wildman–Crippen LogP) is 3.93. The average molecular weight is 315 g/mol. The fourth-order valence-corrected chi connectivity index (χ4v) is 2.24. The van der Waals surface area contributed by atoms with Crippen molar-refractivity contribution >= 4 is 33.2 Å². The molecule has 1 N–H and O–H groups in total. The van der Waals surface area contributed by atoms with E-state index in [1.165, 1.54) is 0 Å². The maximum Gasteiger partial charge on any atom is 0.0648 e. The smallest absolute Gasteiger partial charge is 0.0648 e. The van der Waals surface area contributed by atoms with E-state index >= 15 is 0 Å². The molecule has 0 saturated heterocycles. The number of nitrogens with zero attached hydrogens (tertiary/aromatic N) is 2. The number of aromatic nitrogens is 2. The van der Waals surface area contributed by atoms with Crippen LogP contribution in [0.2, 0.25) is 5.02 Å². The molecule has 5 heteroatoms. The van der Waals surface area contributed by atoms with Crippen molar-refractivity contribution in [3.63, 3.8) is 0 Å². The highest BCUT2D eigenvalue weighted by atomic mass is 79.9. The van der Waals surface area contributed by atoms with E-state index in [9.17, 15) is 0 Å². The van der Waals surface area contributed by atoms with Crippen molar-refractivity contribution in [2.24, 2.45) is 0 Å². The number of rotatable bonds is 4. The van der Waals surface area contributed by atoms with Crippen molar-refractivity contribution in [2.75, 3.05) is 5.32 Å². The van der Waals surface area contributed by atoms with E-state index in [2.05, 4.69) is 33.3 Å². The molecule has 0 spiro atoms. The summed E-state index contributed by atoms with van der Waals surface area (Å²) >= 11 is 9.49. The van der Waals surface area contributed by atoms with Crippen molar-refractivity contribution in [3.05, 3.63) is 45.7 Å². The number of anilines is 1. The minimum atomic E-state index is 0.710. The summed E-state index contributed by atoms with van der Waals surface area (Å²) in [7, 11) is 0. The van der Waals surface area contributed by atoms with Crippen LogP contribution in [0.15, 0.2) is 35.1 Å². The highest BCUT2D eigenvalue weighted by Gasteiger charge is 2.02. The molecule has 90 valence electrons. The molecule has 0 atom stereocenters. The second-order valence-electron chi connectivity index (χ2n) is 3.68. The molecule has 1 heterocycles. The lowest BCUT2D eigenvalue weighted by atomic mass is 10.3. The lowest BCUT2D eigenvalue weighted by Gasteiger charge is -2.07. The van der Waals surface area contributed by atoms with Gasteiger partial charge in [0.05, 0.1) is 16.9 Å². The first-order valence-corrected chi connectivity index (χ1v) is 6.56. The summed E-state index contributed by atoms with van der Waals surface area (Å²) in [4.78, 5) is 0. The lowest BCUT2D eigenvalue weighted by molar-refractivity contribution is 0.659.